The van der Waals surface area contributed by atoms with Crippen molar-refractivity contribution in [2.75, 3.05) is 11.9 Å². The first kappa shape index (κ1) is 18.6. The Balaban J connectivity index is 1.56. The lowest BCUT2D eigenvalue weighted by atomic mass is 10.1. The van der Waals surface area contributed by atoms with E-state index in [1.807, 2.05) is 57.3 Å². The van der Waals surface area contributed by atoms with E-state index in [-0.39, 0.29) is 18.4 Å². The Labute approximate surface area is 167 Å². The van der Waals surface area contributed by atoms with Crippen LogP contribution in [0.25, 0.3) is 16.8 Å². The topological polar surface area (TPSA) is 99.2 Å². The van der Waals surface area contributed by atoms with E-state index in [9.17, 15) is 4.79 Å². The fraction of sp³-hybridized carbons (Fsp3) is 0.250. The Morgan fingerprint density at radius 1 is 1.21 bits per heavy atom. The van der Waals surface area contributed by atoms with Gasteiger partial charge in [-0.05, 0) is 51.1 Å². The number of aromatic nitrogens is 6. The van der Waals surface area contributed by atoms with Gasteiger partial charge in [-0.25, -0.2) is 9.50 Å². The molecule has 1 amide bonds. The lowest BCUT2D eigenvalue weighted by molar-refractivity contribution is -0.117. The standard InChI is InChI=1S/C20H21N7O2/c1-4-29-19-16(6-5-9-21-19)15-7-8-17-22-20(25-27(17)11-15)23-18(28)12-26-14(3)10-13(2)24-26/h5-11H,4,12H2,1-3H3,(H,23,25,28). The highest BCUT2D eigenvalue weighted by Crippen LogP contribution is 2.27. The minimum Gasteiger partial charge on any atom is -0.478 e. The Morgan fingerprint density at radius 3 is 2.83 bits per heavy atom. The first-order valence-corrected chi connectivity index (χ1v) is 9.29. The molecule has 4 heterocycles. The molecule has 0 saturated heterocycles. The van der Waals surface area contributed by atoms with Gasteiger partial charge in [0.25, 0.3) is 0 Å². The molecular weight excluding hydrogens is 370 g/mol. The summed E-state index contributed by atoms with van der Waals surface area (Å²) in [5, 5.41) is 11.4. The van der Waals surface area contributed by atoms with Gasteiger partial charge in [0.2, 0.25) is 17.7 Å². The molecule has 0 radical (unpaired) electrons. The second kappa shape index (κ2) is 7.70. The molecule has 4 aromatic heterocycles. The van der Waals surface area contributed by atoms with Crippen LogP contribution in [0.1, 0.15) is 18.3 Å². The van der Waals surface area contributed by atoms with E-state index in [1.54, 1.807) is 15.4 Å². The van der Waals surface area contributed by atoms with Crippen molar-refractivity contribution in [2.24, 2.45) is 0 Å². The molecule has 0 atom stereocenters. The number of anilines is 1. The molecule has 0 aliphatic rings. The quantitative estimate of drug-likeness (QED) is 0.542. The number of carbonyl (C=O) groups is 1. The molecule has 0 unspecified atom stereocenters. The maximum atomic E-state index is 12.3. The molecule has 0 spiro atoms. The Kier molecular flexibility index (Phi) is 4.94. The minimum atomic E-state index is -0.238. The summed E-state index contributed by atoms with van der Waals surface area (Å²) in [5.74, 6) is 0.566. The van der Waals surface area contributed by atoms with Gasteiger partial charge in [0.1, 0.15) is 6.54 Å². The van der Waals surface area contributed by atoms with Gasteiger partial charge in [0.15, 0.2) is 5.65 Å². The minimum absolute atomic E-state index is 0.105. The molecule has 4 aromatic rings. The van der Waals surface area contributed by atoms with Crippen molar-refractivity contribution in [1.82, 2.24) is 29.4 Å². The van der Waals surface area contributed by atoms with Gasteiger partial charge < -0.3 is 4.74 Å². The zero-order valence-electron chi connectivity index (χ0n) is 16.5. The number of nitrogens with one attached hydrogen (secondary N) is 1. The second-order valence-electron chi connectivity index (χ2n) is 6.58. The van der Waals surface area contributed by atoms with Crippen LogP contribution in [0.3, 0.4) is 0 Å². The van der Waals surface area contributed by atoms with Gasteiger partial charge in [-0.1, -0.05) is 0 Å². The molecule has 0 saturated carbocycles. The summed E-state index contributed by atoms with van der Waals surface area (Å²) in [5.41, 5.74) is 4.17. The van der Waals surface area contributed by atoms with Crippen molar-refractivity contribution in [2.45, 2.75) is 27.3 Å². The van der Waals surface area contributed by atoms with Crippen molar-refractivity contribution in [3.8, 4) is 17.0 Å². The highest BCUT2D eigenvalue weighted by molar-refractivity contribution is 5.89. The molecule has 4 rings (SSSR count). The number of ether oxygens (including phenoxy) is 1. The Hall–Kier alpha value is -3.75. The third-order valence-electron chi connectivity index (χ3n) is 4.34. The van der Waals surface area contributed by atoms with Gasteiger partial charge in [-0.15, -0.1) is 5.10 Å². The van der Waals surface area contributed by atoms with E-state index in [4.69, 9.17) is 4.74 Å². The number of fused-ring (bicyclic) bond motifs is 1. The number of pyridine rings is 2. The van der Waals surface area contributed by atoms with Gasteiger partial charge >= 0.3 is 0 Å². The van der Waals surface area contributed by atoms with Crippen molar-refractivity contribution in [3.05, 3.63) is 54.1 Å². The summed E-state index contributed by atoms with van der Waals surface area (Å²) in [7, 11) is 0. The molecule has 0 aromatic carbocycles. The fourth-order valence-electron chi connectivity index (χ4n) is 3.09. The normalized spacial score (nSPS) is 11.0. The monoisotopic (exact) mass is 391 g/mol. The number of aryl methyl sites for hydroxylation is 2. The molecule has 0 fully saturated rings. The van der Waals surface area contributed by atoms with E-state index in [1.165, 1.54) is 0 Å². The van der Waals surface area contributed by atoms with Crippen LogP contribution in [0.15, 0.2) is 42.7 Å². The number of hydrogen-bond acceptors (Lipinski definition) is 6. The lowest BCUT2D eigenvalue weighted by Gasteiger charge is -2.08. The predicted molar refractivity (Wildman–Crippen MR) is 108 cm³/mol. The second-order valence-corrected chi connectivity index (χ2v) is 6.58. The number of rotatable bonds is 6. The smallest absolute Gasteiger partial charge is 0.249 e. The Bertz CT molecular complexity index is 1180. The molecule has 9 nitrogen and oxygen atoms in total. The van der Waals surface area contributed by atoms with E-state index in [0.717, 1.165) is 22.5 Å². The van der Waals surface area contributed by atoms with Crippen LogP contribution >= 0.6 is 0 Å². The lowest BCUT2D eigenvalue weighted by Crippen LogP contribution is -2.21. The Morgan fingerprint density at radius 2 is 2.07 bits per heavy atom. The fourth-order valence-corrected chi connectivity index (χ4v) is 3.09. The summed E-state index contributed by atoms with van der Waals surface area (Å²) >= 11 is 0. The molecule has 148 valence electrons. The molecule has 0 aliphatic heterocycles. The van der Waals surface area contributed by atoms with Gasteiger partial charge in [-0.2, -0.15) is 10.1 Å². The van der Waals surface area contributed by atoms with E-state index >= 15 is 0 Å². The zero-order valence-corrected chi connectivity index (χ0v) is 16.5. The van der Waals surface area contributed by atoms with E-state index < -0.39 is 0 Å². The molecule has 0 aliphatic carbocycles. The van der Waals surface area contributed by atoms with Crippen molar-refractivity contribution in [1.29, 1.82) is 0 Å². The third kappa shape index (κ3) is 3.93. The molecule has 9 heteroatoms. The van der Waals surface area contributed by atoms with E-state index in [0.29, 0.717) is 18.1 Å². The SMILES string of the molecule is CCOc1ncccc1-c1ccc2nc(NC(=O)Cn3nc(C)cc3C)nn2c1. The number of carbonyl (C=O) groups excluding carboxylic acids is 1. The average molecular weight is 391 g/mol. The third-order valence-corrected chi connectivity index (χ3v) is 4.34. The highest BCUT2D eigenvalue weighted by atomic mass is 16.5. The summed E-state index contributed by atoms with van der Waals surface area (Å²) in [4.78, 5) is 21.0. The summed E-state index contributed by atoms with van der Waals surface area (Å²) in [6.45, 7) is 6.35. The first-order valence-electron chi connectivity index (χ1n) is 9.29. The highest BCUT2D eigenvalue weighted by Gasteiger charge is 2.13. The predicted octanol–water partition coefficient (Wildman–Crippen LogP) is 2.64. The van der Waals surface area contributed by atoms with Gasteiger partial charge in [-0.3, -0.25) is 14.8 Å². The van der Waals surface area contributed by atoms with Crippen LogP contribution in [0, 0.1) is 13.8 Å². The van der Waals surface area contributed by atoms with Crippen molar-refractivity contribution >= 4 is 17.5 Å². The van der Waals surface area contributed by atoms with Crippen molar-refractivity contribution in [3.63, 3.8) is 0 Å². The largest absolute Gasteiger partial charge is 0.478 e. The number of amides is 1. The molecule has 1 N–H and O–H groups in total. The first-order chi connectivity index (χ1) is 14.0. The molecule has 29 heavy (non-hydrogen) atoms. The summed E-state index contributed by atoms with van der Waals surface area (Å²) in [6, 6.07) is 9.47. The molecule has 0 bridgehead atoms. The van der Waals surface area contributed by atoms with Crippen LogP contribution in [0.2, 0.25) is 0 Å². The van der Waals surface area contributed by atoms with Crippen LogP contribution in [0.5, 0.6) is 5.88 Å². The maximum Gasteiger partial charge on any atom is 0.249 e. The zero-order chi connectivity index (χ0) is 20.4. The van der Waals surface area contributed by atoms with E-state index in [2.05, 4.69) is 25.5 Å². The number of hydrogen-bond donors (Lipinski definition) is 1. The maximum absolute atomic E-state index is 12.3. The van der Waals surface area contributed by atoms with Crippen molar-refractivity contribution < 1.29 is 9.53 Å². The van der Waals surface area contributed by atoms with Gasteiger partial charge in [0, 0.05) is 29.2 Å². The van der Waals surface area contributed by atoms with Crippen LogP contribution in [0.4, 0.5) is 5.95 Å². The summed E-state index contributed by atoms with van der Waals surface area (Å²) in [6.07, 6.45) is 3.53. The molecular formula is C20H21N7O2. The van der Waals surface area contributed by atoms with Crippen LogP contribution in [-0.4, -0.2) is 41.9 Å². The van der Waals surface area contributed by atoms with Gasteiger partial charge in [0.05, 0.1) is 12.3 Å². The van der Waals surface area contributed by atoms with Crippen LogP contribution < -0.4 is 10.1 Å². The van der Waals surface area contributed by atoms with Crippen LogP contribution in [-0.2, 0) is 11.3 Å². The summed E-state index contributed by atoms with van der Waals surface area (Å²) < 4.78 is 8.88. The number of nitrogens with zero attached hydrogens (tertiary/aromatic N) is 6. The average Bonchev–Trinajstić information content (AvgIpc) is 3.23.